The van der Waals surface area contributed by atoms with Gasteiger partial charge in [0.25, 0.3) is 0 Å². The van der Waals surface area contributed by atoms with Crippen molar-refractivity contribution < 1.29 is 21.0 Å². The average Bonchev–Trinajstić information content (AvgIpc) is 2.64. The van der Waals surface area contributed by atoms with E-state index in [0.29, 0.717) is 10.9 Å². The molecule has 3 rings (SSSR count). The van der Waals surface area contributed by atoms with E-state index in [2.05, 4.69) is 0 Å². The highest BCUT2D eigenvalue weighted by atomic mass is 32.2. The first-order valence-electron chi connectivity index (χ1n) is 9.06. The molecular weight excluding hydrogens is 410 g/mol. The Morgan fingerprint density at radius 1 is 0.897 bits per heavy atom. The third-order valence-corrected chi connectivity index (χ3v) is 6.97. The van der Waals surface area contributed by atoms with Crippen molar-refractivity contribution in [2.24, 2.45) is 0 Å². The third kappa shape index (κ3) is 4.95. The quantitative estimate of drug-likeness (QED) is 0.530. The molecule has 154 valence electrons. The minimum Gasteiger partial charge on any atom is -0.383 e. The number of benzene rings is 3. The van der Waals surface area contributed by atoms with Crippen molar-refractivity contribution in [3.63, 3.8) is 0 Å². The van der Waals surface area contributed by atoms with E-state index in [4.69, 9.17) is 4.18 Å². The molecule has 0 radical (unpaired) electrons. The van der Waals surface area contributed by atoms with Crippen LogP contribution >= 0.6 is 0 Å². The van der Waals surface area contributed by atoms with E-state index >= 15 is 0 Å². The van der Waals surface area contributed by atoms with Crippen LogP contribution in [0.25, 0.3) is 10.8 Å². The summed E-state index contributed by atoms with van der Waals surface area (Å²) in [5.41, 5.74) is 0.628. The first-order chi connectivity index (χ1) is 13.6. The van der Waals surface area contributed by atoms with Crippen LogP contribution < -0.4 is 4.18 Å². The maximum absolute atomic E-state index is 13.5. The van der Waals surface area contributed by atoms with Crippen molar-refractivity contribution in [2.45, 2.75) is 31.3 Å². The molecule has 0 saturated heterocycles. The van der Waals surface area contributed by atoms with Crippen LogP contribution in [-0.2, 0) is 26.7 Å². The van der Waals surface area contributed by atoms with Crippen LogP contribution in [-0.4, -0.2) is 33.4 Å². The van der Waals surface area contributed by atoms with E-state index < -0.39 is 20.1 Å². The maximum Gasteiger partial charge on any atom is 0.306 e. The fourth-order valence-electron chi connectivity index (χ4n) is 3.14. The molecule has 0 unspecified atom stereocenters. The van der Waals surface area contributed by atoms with Crippen LogP contribution in [0, 0.1) is 0 Å². The van der Waals surface area contributed by atoms with Crippen molar-refractivity contribution in [3.8, 4) is 5.75 Å². The molecule has 0 fully saturated rings. The van der Waals surface area contributed by atoms with E-state index in [1.54, 1.807) is 44.2 Å². The van der Waals surface area contributed by atoms with Gasteiger partial charge in [0.15, 0.2) is 0 Å². The number of hydrogen-bond donors (Lipinski definition) is 0. The lowest BCUT2D eigenvalue weighted by molar-refractivity contribution is 0.348. The van der Waals surface area contributed by atoms with Gasteiger partial charge in [-0.2, -0.15) is 12.7 Å². The van der Waals surface area contributed by atoms with E-state index in [1.807, 2.05) is 24.3 Å². The molecule has 0 atom stereocenters. The Bertz CT molecular complexity index is 1230. The summed E-state index contributed by atoms with van der Waals surface area (Å²) < 4.78 is 56.1. The van der Waals surface area contributed by atoms with Gasteiger partial charge in [-0.05, 0) is 43.0 Å². The van der Waals surface area contributed by atoms with Crippen LogP contribution in [0.4, 0.5) is 0 Å². The van der Waals surface area contributed by atoms with Gasteiger partial charge in [-0.15, -0.1) is 0 Å². The molecule has 3 aromatic rings. The van der Waals surface area contributed by atoms with Crippen molar-refractivity contribution >= 4 is 30.9 Å². The van der Waals surface area contributed by atoms with Gasteiger partial charge >= 0.3 is 10.1 Å². The molecule has 29 heavy (non-hydrogen) atoms. The molecule has 0 heterocycles. The second-order valence-corrected chi connectivity index (χ2v) is 10.5. The Morgan fingerprint density at radius 2 is 1.55 bits per heavy atom. The summed E-state index contributed by atoms with van der Waals surface area (Å²) in [4.78, 5) is 0.243. The molecule has 0 N–H and O–H groups in total. The summed E-state index contributed by atoms with van der Waals surface area (Å²) in [6, 6.07) is 18.7. The summed E-state index contributed by atoms with van der Waals surface area (Å²) in [7, 11) is -7.47. The molecule has 8 heteroatoms. The number of sulfonamides is 1. The Kier molecular flexibility index (Phi) is 5.97. The van der Waals surface area contributed by atoms with Gasteiger partial charge in [0.2, 0.25) is 10.0 Å². The third-order valence-electron chi connectivity index (χ3n) is 4.40. The van der Waals surface area contributed by atoms with Gasteiger partial charge in [-0.25, -0.2) is 8.42 Å². The highest BCUT2D eigenvalue weighted by Gasteiger charge is 2.28. The van der Waals surface area contributed by atoms with E-state index in [9.17, 15) is 16.8 Å². The molecule has 3 aromatic carbocycles. The molecule has 0 aliphatic carbocycles. The molecule has 0 aromatic heterocycles. The second kappa shape index (κ2) is 8.14. The van der Waals surface area contributed by atoms with E-state index in [0.717, 1.165) is 11.6 Å². The smallest absolute Gasteiger partial charge is 0.306 e. The van der Waals surface area contributed by atoms with Crippen LogP contribution in [0.3, 0.4) is 0 Å². The molecule has 0 aliphatic rings. The van der Waals surface area contributed by atoms with Crippen molar-refractivity contribution in [1.82, 2.24) is 4.31 Å². The molecule has 0 aliphatic heterocycles. The van der Waals surface area contributed by atoms with E-state index in [-0.39, 0.29) is 23.2 Å². The van der Waals surface area contributed by atoms with Crippen LogP contribution in [0.5, 0.6) is 5.75 Å². The van der Waals surface area contributed by atoms with Crippen LogP contribution in [0.15, 0.2) is 71.6 Å². The Balaban J connectivity index is 2.01. The molecule has 0 amide bonds. The summed E-state index contributed by atoms with van der Waals surface area (Å²) in [6.45, 7) is 3.70. The first-order valence-corrected chi connectivity index (χ1v) is 12.3. The Hall–Kier alpha value is -2.42. The number of hydrogen-bond acceptors (Lipinski definition) is 5. The lowest BCUT2D eigenvalue weighted by Crippen LogP contribution is -2.36. The van der Waals surface area contributed by atoms with Gasteiger partial charge < -0.3 is 4.18 Å². The predicted molar refractivity (Wildman–Crippen MR) is 114 cm³/mol. The zero-order valence-corrected chi connectivity index (χ0v) is 18.1. The van der Waals surface area contributed by atoms with Crippen LogP contribution in [0.1, 0.15) is 19.4 Å². The van der Waals surface area contributed by atoms with Gasteiger partial charge in [-0.3, -0.25) is 0 Å². The lowest BCUT2D eigenvalue weighted by atomic mass is 10.1. The number of fused-ring (bicyclic) bond motifs is 1. The fraction of sp³-hybridized carbons (Fsp3) is 0.238. The monoisotopic (exact) mass is 433 g/mol. The SMILES string of the molecule is CC(C)N(Cc1cccc(OS(C)(=O)=O)c1)S(=O)(=O)c1cccc2ccccc12. The van der Waals surface area contributed by atoms with Gasteiger partial charge in [0, 0.05) is 18.0 Å². The largest absolute Gasteiger partial charge is 0.383 e. The van der Waals surface area contributed by atoms with Crippen molar-refractivity contribution in [2.75, 3.05) is 6.26 Å². The van der Waals surface area contributed by atoms with Gasteiger partial charge in [0.1, 0.15) is 5.75 Å². The zero-order valence-electron chi connectivity index (χ0n) is 16.4. The lowest BCUT2D eigenvalue weighted by Gasteiger charge is -2.27. The summed E-state index contributed by atoms with van der Waals surface area (Å²) in [5, 5.41) is 1.51. The molecule has 0 spiro atoms. The van der Waals surface area contributed by atoms with Crippen molar-refractivity contribution in [3.05, 3.63) is 72.3 Å². The highest BCUT2D eigenvalue weighted by molar-refractivity contribution is 7.89. The summed E-state index contributed by atoms with van der Waals surface area (Å²) in [6.07, 6.45) is 0.963. The molecule has 0 saturated carbocycles. The summed E-state index contributed by atoms with van der Waals surface area (Å²) in [5.74, 6) is 0.149. The van der Waals surface area contributed by atoms with Crippen molar-refractivity contribution in [1.29, 1.82) is 0 Å². The first kappa shape index (κ1) is 21.3. The highest BCUT2D eigenvalue weighted by Crippen LogP contribution is 2.28. The normalized spacial score (nSPS) is 12.6. The van der Waals surface area contributed by atoms with Crippen LogP contribution in [0.2, 0.25) is 0 Å². The predicted octanol–water partition coefficient (Wildman–Crippen LogP) is 3.78. The standard InChI is InChI=1S/C21H23NO5S2/c1-16(2)22(15-17-8-6-11-19(14-17)27-28(3,23)24)29(25,26)21-13-7-10-18-9-4-5-12-20(18)21/h4-14,16H,15H2,1-3H3. The Morgan fingerprint density at radius 3 is 2.24 bits per heavy atom. The second-order valence-electron chi connectivity index (χ2n) is 7.06. The summed E-state index contributed by atoms with van der Waals surface area (Å²) >= 11 is 0. The molecular formula is C21H23NO5S2. The van der Waals surface area contributed by atoms with E-state index in [1.165, 1.54) is 16.4 Å². The minimum atomic E-state index is -3.80. The zero-order chi connectivity index (χ0) is 21.2. The number of nitrogens with zero attached hydrogens (tertiary/aromatic N) is 1. The molecule has 6 nitrogen and oxygen atoms in total. The maximum atomic E-state index is 13.5. The average molecular weight is 434 g/mol. The van der Waals surface area contributed by atoms with Gasteiger partial charge in [0.05, 0.1) is 11.2 Å². The molecule has 0 bridgehead atoms. The Labute approximate surface area is 171 Å². The topological polar surface area (TPSA) is 80.8 Å². The minimum absolute atomic E-state index is 0.0875. The van der Waals surface area contributed by atoms with Gasteiger partial charge in [-0.1, -0.05) is 48.5 Å². The fourth-order valence-corrected chi connectivity index (χ4v) is 5.44. The number of rotatable bonds is 7.